The molecule has 0 spiro atoms. The van der Waals surface area contributed by atoms with E-state index in [9.17, 15) is 18.0 Å². The van der Waals surface area contributed by atoms with Crippen molar-refractivity contribution in [1.82, 2.24) is 9.80 Å². The lowest BCUT2D eigenvalue weighted by molar-refractivity contribution is -0.137. The lowest BCUT2D eigenvalue weighted by Crippen LogP contribution is -2.51. The Labute approximate surface area is 163 Å². The van der Waals surface area contributed by atoms with Crippen LogP contribution in [0, 0.1) is 0 Å². The number of amidine groups is 1. The van der Waals surface area contributed by atoms with Crippen LogP contribution in [0.5, 0.6) is 0 Å². The zero-order chi connectivity index (χ0) is 20.7. The average Bonchev–Trinajstić information content (AvgIpc) is 2.70. The number of halogens is 3. The summed E-state index contributed by atoms with van der Waals surface area (Å²) >= 11 is 0. The molecule has 1 fully saturated rings. The van der Waals surface area contributed by atoms with Gasteiger partial charge in [0.05, 0.1) is 12.1 Å². The first kappa shape index (κ1) is 21.5. The van der Waals surface area contributed by atoms with E-state index in [2.05, 4.69) is 21.8 Å². The lowest BCUT2D eigenvalue weighted by atomic mass is 10.2. The molecule has 1 aromatic carbocycles. The van der Waals surface area contributed by atoms with Crippen LogP contribution < -0.4 is 5.32 Å². The van der Waals surface area contributed by atoms with Crippen LogP contribution >= 0.6 is 0 Å². The molecule has 0 unspecified atom stereocenters. The Morgan fingerprint density at radius 3 is 2.25 bits per heavy atom. The molecule has 0 radical (unpaired) electrons. The third-order valence-corrected chi connectivity index (χ3v) is 4.52. The minimum absolute atomic E-state index is 0.0920. The first-order valence-electron chi connectivity index (χ1n) is 9.02. The topological polar surface area (TPSA) is 47.9 Å². The largest absolute Gasteiger partial charge is 0.416 e. The van der Waals surface area contributed by atoms with Crippen molar-refractivity contribution in [2.75, 3.05) is 38.0 Å². The minimum atomic E-state index is -4.35. The van der Waals surface area contributed by atoms with Gasteiger partial charge in [0.25, 0.3) is 0 Å². The number of amides is 1. The molecule has 8 heteroatoms. The van der Waals surface area contributed by atoms with Crippen molar-refractivity contribution in [1.29, 1.82) is 0 Å². The van der Waals surface area contributed by atoms with E-state index in [-0.39, 0.29) is 5.91 Å². The molecule has 1 aliphatic rings. The Hall–Kier alpha value is -2.77. The second kappa shape index (κ2) is 9.43. The van der Waals surface area contributed by atoms with Gasteiger partial charge in [0.2, 0.25) is 5.91 Å². The number of alkyl halides is 3. The fourth-order valence-electron chi connectivity index (χ4n) is 2.76. The number of nitrogens with one attached hydrogen (secondary N) is 1. The zero-order valence-corrected chi connectivity index (χ0v) is 16.1. The third-order valence-electron chi connectivity index (χ3n) is 4.52. The Bertz CT molecular complexity index is 746. The summed E-state index contributed by atoms with van der Waals surface area (Å²) in [5.74, 6) is 0.687. The fraction of sp³-hybridized carbons (Fsp3) is 0.400. The van der Waals surface area contributed by atoms with Gasteiger partial charge in [0, 0.05) is 37.6 Å². The normalized spacial score (nSPS) is 16.2. The van der Waals surface area contributed by atoms with Crippen LogP contribution in [0.15, 0.2) is 53.7 Å². The Balaban J connectivity index is 2.05. The number of nitrogens with zero attached hydrogens (tertiary/aromatic N) is 3. The molecule has 5 nitrogen and oxygen atoms in total. The molecule has 0 saturated carbocycles. The number of anilines is 1. The van der Waals surface area contributed by atoms with E-state index in [0.29, 0.717) is 38.4 Å². The first-order valence-corrected chi connectivity index (χ1v) is 9.02. The molecular formula is C20H25F3N4O. The van der Waals surface area contributed by atoms with Crippen LogP contribution in [0.1, 0.15) is 19.4 Å². The standard InChI is InChI=1S/C20H25F3N4O/c1-4-15(3)25-18(26-10-12-27(13-11-26)19(28)5-2)14-24-17-8-6-16(7-9-17)20(21,22)23/h4-9,24H,2,10-14H2,1,3H3/b15-4-,25-18?. The van der Waals surface area contributed by atoms with E-state index < -0.39 is 11.7 Å². The molecule has 1 saturated heterocycles. The highest BCUT2D eigenvalue weighted by atomic mass is 19.4. The monoisotopic (exact) mass is 394 g/mol. The van der Waals surface area contributed by atoms with Crippen molar-refractivity contribution in [2.45, 2.75) is 20.0 Å². The highest BCUT2D eigenvalue weighted by molar-refractivity contribution is 5.89. The lowest BCUT2D eigenvalue weighted by Gasteiger charge is -2.36. The molecule has 0 bridgehead atoms. The Morgan fingerprint density at radius 2 is 1.75 bits per heavy atom. The molecule has 1 aromatic rings. The maximum Gasteiger partial charge on any atom is 0.416 e. The van der Waals surface area contributed by atoms with E-state index in [0.717, 1.165) is 23.7 Å². The predicted molar refractivity (Wildman–Crippen MR) is 105 cm³/mol. The summed E-state index contributed by atoms with van der Waals surface area (Å²) in [4.78, 5) is 20.2. The van der Waals surface area contributed by atoms with Crippen LogP contribution in [-0.2, 0) is 11.0 Å². The van der Waals surface area contributed by atoms with Gasteiger partial charge in [0.15, 0.2) is 0 Å². The molecule has 1 amide bonds. The summed E-state index contributed by atoms with van der Waals surface area (Å²) in [5, 5.41) is 3.13. The molecule has 1 N–H and O–H groups in total. The Morgan fingerprint density at radius 1 is 1.18 bits per heavy atom. The minimum Gasteiger partial charge on any atom is -0.378 e. The molecule has 0 aliphatic carbocycles. The van der Waals surface area contributed by atoms with E-state index in [4.69, 9.17) is 0 Å². The van der Waals surface area contributed by atoms with Gasteiger partial charge in [-0.2, -0.15) is 13.2 Å². The van der Waals surface area contributed by atoms with Crippen molar-refractivity contribution in [2.24, 2.45) is 4.99 Å². The number of hydrogen-bond acceptors (Lipinski definition) is 3. The Kier molecular flexibility index (Phi) is 7.25. The number of hydrogen-bond donors (Lipinski definition) is 1. The van der Waals surface area contributed by atoms with Crippen LogP contribution in [-0.4, -0.2) is 54.3 Å². The van der Waals surface area contributed by atoms with Gasteiger partial charge in [-0.1, -0.05) is 12.7 Å². The summed E-state index contributed by atoms with van der Waals surface area (Å²) in [6, 6.07) is 4.92. The van der Waals surface area contributed by atoms with Gasteiger partial charge in [0.1, 0.15) is 5.84 Å². The van der Waals surface area contributed by atoms with Gasteiger partial charge in [-0.25, -0.2) is 4.99 Å². The summed E-state index contributed by atoms with van der Waals surface area (Å²) in [6.07, 6.45) is -1.16. The van der Waals surface area contributed by atoms with Crippen molar-refractivity contribution in [3.63, 3.8) is 0 Å². The van der Waals surface area contributed by atoms with Crippen LogP contribution in [0.3, 0.4) is 0 Å². The van der Waals surface area contributed by atoms with Crippen LogP contribution in [0.25, 0.3) is 0 Å². The number of piperazine rings is 1. The molecule has 2 rings (SSSR count). The van der Waals surface area contributed by atoms with Gasteiger partial charge in [-0.15, -0.1) is 0 Å². The number of carbonyl (C=O) groups excluding carboxylic acids is 1. The number of rotatable bonds is 5. The number of benzene rings is 1. The second-order valence-corrected chi connectivity index (χ2v) is 6.40. The van der Waals surface area contributed by atoms with Crippen molar-refractivity contribution in [3.05, 3.63) is 54.3 Å². The molecule has 152 valence electrons. The number of aliphatic imine (C=N–C) groups is 1. The van der Waals surface area contributed by atoms with E-state index in [1.165, 1.54) is 18.2 Å². The summed E-state index contributed by atoms with van der Waals surface area (Å²) in [5.41, 5.74) is 0.743. The van der Waals surface area contributed by atoms with Crippen LogP contribution in [0.4, 0.5) is 18.9 Å². The predicted octanol–water partition coefficient (Wildman–Crippen LogP) is 3.77. The molecule has 0 atom stereocenters. The van der Waals surface area contributed by atoms with Crippen molar-refractivity contribution < 1.29 is 18.0 Å². The summed E-state index contributed by atoms with van der Waals surface area (Å²) in [7, 11) is 0. The SMILES string of the molecule is C=CC(=O)N1CCN(C(CNc2ccc(C(F)(F)F)cc2)=N/C(C)=C\C)CC1. The average molecular weight is 394 g/mol. The smallest absolute Gasteiger partial charge is 0.378 e. The highest BCUT2D eigenvalue weighted by Gasteiger charge is 2.30. The van der Waals surface area contributed by atoms with Crippen molar-refractivity contribution >= 4 is 17.4 Å². The fourth-order valence-corrected chi connectivity index (χ4v) is 2.76. The first-order chi connectivity index (χ1) is 13.2. The maximum absolute atomic E-state index is 12.7. The zero-order valence-electron chi connectivity index (χ0n) is 16.1. The van der Waals surface area contributed by atoms with Crippen molar-refractivity contribution in [3.8, 4) is 0 Å². The highest BCUT2D eigenvalue weighted by Crippen LogP contribution is 2.29. The summed E-state index contributed by atoms with van der Waals surface area (Å²) in [6.45, 7) is 10.0. The van der Waals surface area contributed by atoms with E-state index >= 15 is 0 Å². The summed E-state index contributed by atoms with van der Waals surface area (Å²) < 4.78 is 38.1. The van der Waals surface area contributed by atoms with E-state index in [1.54, 1.807) is 4.90 Å². The van der Waals surface area contributed by atoms with Gasteiger partial charge < -0.3 is 15.1 Å². The third kappa shape index (κ3) is 5.87. The molecule has 1 heterocycles. The maximum atomic E-state index is 12.7. The quantitative estimate of drug-likeness (QED) is 0.470. The van der Waals surface area contributed by atoms with Crippen LogP contribution in [0.2, 0.25) is 0 Å². The van der Waals surface area contributed by atoms with Gasteiger partial charge in [-0.05, 0) is 44.2 Å². The number of carbonyl (C=O) groups is 1. The molecule has 1 aliphatic heterocycles. The van der Waals surface area contributed by atoms with E-state index in [1.807, 2.05) is 19.9 Å². The van der Waals surface area contributed by atoms with Gasteiger partial charge in [-0.3, -0.25) is 4.79 Å². The molecule has 28 heavy (non-hydrogen) atoms. The second-order valence-electron chi connectivity index (χ2n) is 6.40. The van der Waals surface area contributed by atoms with Gasteiger partial charge >= 0.3 is 6.18 Å². The molecule has 0 aromatic heterocycles. The number of allylic oxidation sites excluding steroid dienone is 2. The molecular weight excluding hydrogens is 369 g/mol.